The SMILES string of the molecule is C[Si-](C)(C)CCOCn1ccc2c1ncc1ccn(C3CCCNC3)c12. The number of hydrogen-bond acceptors (Lipinski definition) is 3. The van der Waals surface area contributed by atoms with Gasteiger partial charge in [-0.15, -0.1) is 14.1 Å². The second-order valence-electron chi connectivity index (χ2n) is 8.66. The van der Waals surface area contributed by atoms with Crippen LogP contribution in [0.25, 0.3) is 21.9 Å². The fourth-order valence-corrected chi connectivity index (χ4v) is 4.56. The Labute approximate surface area is 156 Å². The van der Waals surface area contributed by atoms with Gasteiger partial charge in [-0.3, -0.25) is 0 Å². The Morgan fingerprint density at radius 2 is 2.15 bits per heavy atom. The van der Waals surface area contributed by atoms with E-state index in [0.29, 0.717) is 12.8 Å². The highest BCUT2D eigenvalue weighted by atomic mass is 28.3. The number of ether oxygens (including phenoxy) is 1. The summed E-state index contributed by atoms with van der Waals surface area (Å²) in [6.45, 7) is 10.8. The summed E-state index contributed by atoms with van der Waals surface area (Å²) < 4.78 is 10.5. The number of nitrogens with zero attached hydrogens (tertiary/aromatic N) is 3. The molecule has 1 aliphatic heterocycles. The molecule has 3 aromatic heterocycles. The Morgan fingerprint density at radius 3 is 2.92 bits per heavy atom. The largest absolute Gasteiger partial charge is 0.364 e. The van der Waals surface area contributed by atoms with Gasteiger partial charge in [0.2, 0.25) is 0 Å². The van der Waals surface area contributed by atoms with Crippen LogP contribution in [0.3, 0.4) is 0 Å². The predicted molar refractivity (Wildman–Crippen MR) is 110 cm³/mol. The van der Waals surface area contributed by atoms with Crippen LogP contribution in [0.5, 0.6) is 0 Å². The molecule has 0 bridgehead atoms. The Hall–Kier alpha value is -1.63. The molecule has 1 fully saturated rings. The first-order valence-corrected chi connectivity index (χ1v) is 13.5. The summed E-state index contributed by atoms with van der Waals surface area (Å²) >= 11 is 0. The van der Waals surface area contributed by atoms with Crippen molar-refractivity contribution in [3.8, 4) is 0 Å². The first-order valence-electron chi connectivity index (χ1n) is 9.76. The Kier molecular flexibility index (Phi) is 4.90. The average molecular weight is 371 g/mol. The molecular weight excluding hydrogens is 340 g/mol. The lowest BCUT2D eigenvalue weighted by atomic mass is 10.1. The monoisotopic (exact) mass is 370 g/mol. The number of nitrogens with one attached hydrogen (secondary N) is 1. The van der Waals surface area contributed by atoms with Gasteiger partial charge in [0.05, 0.1) is 5.52 Å². The molecule has 0 amide bonds. The fraction of sp³-hybridized carbons (Fsp3) is 0.550. The number of pyridine rings is 1. The first-order chi connectivity index (χ1) is 12.5. The zero-order valence-corrected chi connectivity index (χ0v) is 17.2. The Balaban J connectivity index is 1.60. The minimum Gasteiger partial charge on any atom is -0.364 e. The maximum absolute atomic E-state index is 5.94. The van der Waals surface area contributed by atoms with Crippen LogP contribution < -0.4 is 5.32 Å². The third kappa shape index (κ3) is 3.59. The van der Waals surface area contributed by atoms with Crippen LogP contribution in [-0.4, -0.2) is 41.9 Å². The molecular formula is C20H30N4OSi-. The van der Waals surface area contributed by atoms with Crippen LogP contribution in [-0.2, 0) is 11.5 Å². The standard InChI is InChI=1S/C20H30N4OSi/c1-26(2,3)12-11-25-15-23-9-7-18-19-16(13-22-20(18)23)6-10-24(19)17-5-4-8-21-14-17/h6-7,9-10,13,17,21H,4-5,8,11-12,14-15H2,1-3H3/q-1. The summed E-state index contributed by atoms with van der Waals surface area (Å²) in [7, 11) is -1.05. The van der Waals surface area contributed by atoms with Crippen LogP contribution in [0.4, 0.5) is 0 Å². The van der Waals surface area contributed by atoms with Gasteiger partial charge in [0.1, 0.15) is 12.4 Å². The van der Waals surface area contributed by atoms with Gasteiger partial charge < -0.3 is 19.2 Å². The summed E-state index contributed by atoms with van der Waals surface area (Å²) in [6.07, 6.45) is 8.82. The maximum Gasteiger partial charge on any atom is 0.143 e. The van der Waals surface area contributed by atoms with E-state index in [4.69, 9.17) is 9.72 Å². The van der Waals surface area contributed by atoms with Crippen molar-refractivity contribution in [3.63, 3.8) is 0 Å². The van der Waals surface area contributed by atoms with E-state index in [1.807, 2.05) is 6.20 Å². The number of aromatic nitrogens is 3. The average Bonchev–Trinajstić information content (AvgIpc) is 3.22. The van der Waals surface area contributed by atoms with E-state index in [1.165, 1.54) is 35.2 Å². The highest BCUT2D eigenvalue weighted by Crippen LogP contribution is 2.30. The van der Waals surface area contributed by atoms with Gasteiger partial charge >= 0.3 is 0 Å². The lowest BCUT2D eigenvalue weighted by Gasteiger charge is -2.26. The Morgan fingerprint density at radius 1 is 1.27 bits per heavy atom. The van der Waals surface area contributed by atoms with E-state index in [9.17, 15) is 0 Å². The van der Waals surface area contributed by atoms with Crippen LogP contribution >= 0.6 is 0 Å². The van der Waals surface area contributed by atoms with Crippen LogP contribution in [0.1, 0.15) is 18.9 Å². The zero-order valence-electron chi connectivity index (χ0n) is 16.2. The molecule has 4 rings (SSSR count). The molecule has 1 saturated heterocycles. The molecule has 1 aliphatic rings. The molecule has 0 radical (unpaired) electrons. The van der Waals surface area contributed by atoms with Crippen molar-refractivity contribution >= 4 is 30.0 Å². The molecule has 0 aliphatic carbocycles. The van der Waals surface area contributed by atoms with Crippen molar-refractivity contribution in [1.82, 2.24) is 19.4 Å². The molecule has 4 heterocycles. The summed E-state index contributed by atoms with van der Waals surface area (Å²) in [5.74, 6) is 0. The number of hydrogen-bond donors (Lipinski definition) is 1. The van der Waals surface area contributed by atoms with Gasteiger partial charge in [-0.25, -0.2) is 4.98 Å². The van der Waals surface area contributed by atoms with Gasteiger partial charge in [-0.05, 0) is 31.5 Å². The fourth-order valence-electron chi connectivity index (χ4n) is 3.81. The van der Waals surface area contributed by atoms with Crippen molar-refractivity contribution in [2.24, 2.45) is 0 Å². The highest BCUT2D eigenvalue weighted by molar-refractivity contribution is 6.76. The second-order valence-corrected chi connectivity index (χ2v) is 14.3. The normalized spacial score (nSPS) is 18.8. The minimum absolute atomic E-state index is 0.531. The van der Waals surface area contributed by atoms with E-state index in [1.54, 1.807) is 0 Å². The van der Waals surface area contributed by atoms with Crippen LogP contribution in [0.2, 0.25) is 25.7 Å². The molecule has 26 heavy (non-hydrogen) atoms. The molecule has 3 aromatic rings. The number of piperidine rings is 1. The maximum atomic E-state index is 5.94. The third-order valence-electron chi connectivity index (χ3n) is 5.35. The summed E-state index contributed by atoms with van der Waals surface area (Å²) in [5.41, 5.74) is 2.33. The van der Waals surface area contributed by atoms with E-state index < -0.39 is 8.07 Å². The molecule has 0 saturated carbocycles. The smallest absolute Gasteiger partial charge is 0.143 e. The van der Waals surface area contributed by atoms with Crippen LogP contribution in [0.15, 0.2) is 30.7 Å². The molecule has 0 spiro atoms. The zero-order chi connectivity index (χ0) is 18.1. The van der Waals surface area contributed by atoms with Crippen molar-refractivity contribution in [2.75, 3.05) is 19.7 Å². The predicted octanol–water partition coefficient (Wildman–Crippen LogP) is 4.23. The van der Waals surface area contributed by atoms with E-state index in [-0.39, 0.29) is 0 Å². The van der Waals surface area contributed by atoms with E-state index in [0.717, 1.165) is 25.3 Å². The summed E-state index contributed by atoms with van der Waals surface area (Å²) in [4.78, 5) is 4.72. The van der Waals surface area contributed by atoms with Crippen LogP contribution in [0, 0.1) is 0 Å². The molecule has 0 aromatic carbocycles. The molecule has 1 N–H and O–H groups in total. The van der Waals surface area contributed by atoms with Gasteiger partial charge in [-0.1, -0.05) is 0 Å². The molecule has 6 heteroatoms. The van der Waals surface area contributed by atoms with Gasteiger partial charge in [0.15, 0.2) is 0 Å². The van der Waals surface area contributed by atoms with E-state index >= 15 is 0 Å². The van der Waals surface area contributed by atoms with E-state index in [2.05, 4.69) is 58.6 Å². The lowest BCUT2D eigenvalue weighted by molar-refractivity contribution is 0.0899. The first kappa shape index (κ1) is 17.8. The summed E-state index contributed by atoms with van der Waals surface area (Å²) in [5, 5.41) is 5.98. The molecule has 1 atom stereocenters. The minimum atomic E-state index is -1.05. The van der Waals surface area contributed by atoms with Crippen molar-refractivity contribution in [1.29, 1.82) is 0 Å². The van der Waals surface area contributed by atoms with Crippen molar-refractivity contribution in [3.05, 3.63) is 30.7 Å². The third-order valence-corrected chi connectivity index (χ3v) is 7.06. The quantitative estimate of drug-likeness (QED) is 0.522. The van der Waals surface area contributed by atoms with Crippen molar-refractivity contribution in [2.45, 2.75) is 51.3 Å². The second kappa shape index (κ2) is 7.17. The molecule has 5 nitrogen and oxygen atoms in total. The summed E-state index contributed by atoms with van der Waals surface area (Å²) in [6, 6.07) is 6.11. The number of rotatable bonds is 6. The Bertz CT molecular complexity index is 886. The number of fused-ring (bicyclic) bond motifs is 3. The molecule has 141 valence electrons. The van der Waals surface area contributed by atoms with Gasteiger partial charge in [-0.2, -0.15) is 19.6 Å². The molecule has 1 unspecified atom stereocenters. The van der Waals surface area contributed by atoms with Gasteiger partial charge in [0, 0.05) is 48.6 Å². The topological polar surface area (TPSA) is 44.0 Å². The highest BCUT2D eigenvalue weighted by Gasteiger charge is 2.18. The van der Waals surface area contributed by atoms with Crippen molar-refractivity contribution < 1.29 is 4.74 Å². The lowest BCUT2D eigenvalue weighted by Crippen LogP contribution is -2.31. The van der Waals surface area contributed by atoms with Gasteiger partial charge in [0.25, 0.3) is 0 Å².